The third kappa shape index (κ3) is 2.35. The van der Waals surface area contributed by atoms with Gasteiger partial charge in [0.25, 0.3) is 0 Å². The molecule has 0 saturated heterocycles. The molecule has 100 valence electrons. The number of fused-ring (bicyclic) bond motifs is 1. The van der Waals surface area contributed by atoms with E-state index >= 15 is 0 Å². The molecule has 0 heterocycles. The zero-order valence-electron chi connectivity index (χ0n) is 10.9. The monoisotopic (exact) mass is 253 g/mol. The van der Waals surface area contributed by atoms with Crippen molar-refractivity contribution in [3.05, 3.63) is 28.6 Å². The summed E-state index contributed by atoms with van der Waals surface area (Å²) in [4.78, 5) is 0. The van der Waals surface area contributed by atoms with Crippen LogP contribution in [0.15, 0.2) is 6.07 Å². The number of rotatable bonds is 4. The maximum Gasteiger partial charge on any atom is 0.132 e. The van der Waals surface area contributed by atoms with Crippen molar-refractivity contribution in [3.8, 4) is 5.75 Å². The van der Waals surface area contributed by atoms with Gasteiger partial charge in [0, 0.05) is 17.7 Å². The summed E-state index contributed by atoms with van der Waals surface area (Å²) in [7, 11) is 3.33. The lowest BCUT2D eigenvalue weighted by Crippen LogP contribution is -2.19. The van der Waals surface area contributed by atoms with E-state index < -0.39 is 6.10 Å². The second-order valence-corrected chi connectivity index (χ2v) is 4.72. The number of halogens is 1. The van der Waals surface area contributed by atoms with Crippen molar-refractivity contribution in [1.82, 2.24) is 5.32 Å². The summed E-state index contributed by atoms with van der Waals surface area (Å²) >= 11 is 0. The summed E-state index contributed by atoms with van der Waals surface area (Å²) in [6.45, 7) is 0.332. The maximum absolute atomic E-state index is 14.4. The molecular formula is C14H20FNO2. The molecule has 4 heteroatoms. The fourth-order valence-corrected chi connectivity index (χ4v) is 2.61. The highest BCUT2D eigenvalue weighted by Gasteiger charge is 2.24. The topological polar surface area (TPSA) is 41.5 Å². The van der Waals surface area contributed by atoms with Crippen LogP contribution in [0.3, 0.4) is 0 Å². The highest BCUT2D eigenvalue weighted by atomic mass is 19.1. The van der Waals surface area contributed by atoms with Crippen LogP contribution in [0.1, 0.15) is 35.6 Å². The molecule has 0 saturated carbocycles. The van der Waals surface area contributed by atoms with E-state index in [0.29, 0.717) is 17.9 Å². The predicted octanol–water partition coefficient (Wildman–Crippen LogP) is 1.97. The van der Waals surface area contributed by atoms with Crippen LogP contribution >= 0.6 is 0 Å². The number of aliphatic hydroxyl groups excluding tert-OH is 1. The van der Waals surface area contributed by atoms with Gasteiger partial charge in [-0.3, -0.25) is 0 Å². The molecule has 0 spiro atoms. The van der Waals surface area contributed by atoms with Gasteiger partial charge in [-0.15, -0.1) is 0 Å². The first-order valence-electron chi connectivity index (χ1n) is 6.39. The van der Waals surface area contributed by atoms with Crippen molar-refractivity contribution >= 4 is 0 Å². The normalized spacial score (nSPS) is 16.2. The molecule has 0 aliphatic heterocycles. The second kappa shape index (κ2) is 5.67. The highest BCUT2D eigenvalue weighted by Crippen LogP contribution is 2.35. The zero-order valence-corrected chi connectivity index (χ0v) is 10.9. The number of ether oxygens (including phenoxy) is 1. The van der Waals surface area contributed by atoms with E-state index in [1.165, 1.54) is 0 Å². The van der Waals surface area contributed by atoms with Crippen LogP contribution in [0.5, 0.6) is 5.75 Å². The minimum Gasteiger partial charge on any atom is -0.496 e. The Labute approximate surface area is 107 Å². The molecular weight excluding hydrogens is 233 g/mol. The number of nitrogens with one attached hydrogen (secondary N) is 1. The van der Waals surface area contributed by atoms with Crippen molar-refractivity contribution in [2.24, 2.45) is 0 Å². The Bertz CT molecular complexity index is 434. The molecule has 1 aromatic carbocycles. The highest BCUT2D eigenvalue weighted by molar-refractivity contribution is 5.47. The Morgan fingerprint density at radius 2 is 2.06 bits per heavy atom. The molecule has 1 aliphatic carbocycles. The third-order valence-corrected chi connectivity index (χ3v) is 3.55. The molecule has 2 rings (SSSR count). The summed E-state index contributed by atoms with van der Waals surface area (Å²) in [6.07, 6.45) is 2.83. The van der Waals surface area contributed by atoms with Gasteiger partial charge in [0.15, 0.2) is 0 Å². The van der Waals surface area contributed by atoms with E-state index in [2.05, 4.69) is 5.32 Å². The van der Waals surface area contributed by atoms with Gasteiger partial charge >= 0.3 is 0 Å². The van der Waals surface area contributed by atoms with Crippen LogP contribution in [-0.4, -0.2) is 25.8 Å². The van der Waals surface area contributed by atoms with E-state index in [-0.39, 0.29) is 5.82 Å². The van der Waals surface area contributed by atoms with Crippen LogP contribution in [-0.2, 0) is 12.8 Å². The largest absolute Gasteiger partial charge is 0.496 e. The van der Waals surface area contributed by atoms with Crippen molar-refractivity contribution < 1.29 is 14.2 Å². The van der Waals surface area contributed by atoms with E-state index in [0.717, 1.165) is 36.8 Å². The number of likely N-dealkylation sites (N-methyl/N-ethyl adjacent to an activating group) is 1. The number of aliphatic hydroxyl groups is 1. The summed E-state index contributed by atoms with van der Waals surface area (Å²) in [5.74, 6) is 0.449. The van der Waals surface area contributed by atoms with Crippen LogP contribution in [0.25, 0.3) is 0 Å². The van der Waals surface area contributed by atoms with Crippen molar-refractivity contribution in [2.75, 3.05) is 20.7 Å². The van der Waals surface area contributed by atoms with E-state index in [1.54, 1.807) is 20.2 Å². The number of benzene rings is 1. The van der Waals surface area contributed by atoms with Crippen molar-refractivity contribution in [1.29, 1.82) is 0 Å². The summed E-state index contributed by atoms with van der Waals surface area (Å²) in [5.41, 5.74) is 2.04. The lowest BCUT2D eigenvalue weighted by Gasteiger charge is -2.23. The van der Waals surface area contributed by atoms with E-state index in [1.807, 2.05) is 0 Å². The molecule has 18 heavy (non-hydrogen) atoms. The number of hydrogen-bond donors (Lipinski definition) is 2. The standard InChI is InChI=1S/C14H20FNO2/c1-16-8-12(17)11-7-13(18-2)9-5-3-4-6-10(9)14(11)15/h7,12,16-17H,3-6,8H2,1-2H3. The molecule has 1 atom stereocenters. The maximum atomic E-state index is 14.4. The first kappa shape index (κ1) is 13.3. The van der Waals surface area contributed by atoms with Gasteiger partial charge in [0.2, 0.25) is 0 Å². The first-order valence-corrected chi connectivity index (χ1v) is 6.39. The van der Waals surface area contributed by atoms with Gasteiger partial charge in [-0.2, -0.15) is 0 Å². The summed E-state index contributed by atoms with van der Waals surface area (Å²) in [5, 5.41) is 12.8. The SMILES string of the molecule is CNCC(O)c1cc(OC)c2c(c1F)CCCC2. The molecule has 2 N–H and O–H groups in total. The molecule has 0 fully saturated rings. The Morgan fingerprint density at radius 1 is 1.39 bits per heavy atom. The van der Waals surface area contributed by atoms with E-state index in [9.17, 15) is 9.50 Å². The molecule has 0 aromatic heterocycles. The van der Waals surface area contributed by atoms with E-state index in [4.69, 9.17) is 4.74 Å². The second-order valence-electron chi connectivity index (χ2n) is 4.72. The molecule has 0 amide bonds. The minimum absolute atomic E-state index is 0.256. The Balaban J connectivity index is 2.48. The van der Waals surface area contributed by atoms with Crippen molar-refractivity contribution in [2.45, 2.75) is 31.8 Å². The number of methoxy groups -OCH3 is 1. The third-order valence-electron chi connectivity index (χ3n) is 3.55. The Hall–Kier alpha value is -1.13. The van der Waals surface area contributed by atoms with Crippen LogP contribution < -0.4 is 10.1 Å². The first-order chi connectivity index (χ1) is 8.69. The van der Waals surface area contributed by atoms with Crippen LogP contribution in [0, 0.1) is 5.82 Å². The fraction of sp³-hybridized carbons (Fsp3) is 0.571. The van der Waals surface area contributed by atoms with Crippen LogP contribution in [0.2, 0.25) is 0 Å². The molecule has 1 aliphatic rings. The lowest BCUT2D eigenvalue weighted by molar-refractivity contribution is 0.172. The average molecular weight is 253 g/mol. The predicted molar refractivity (Wildman–Crippen MR) is 68.5 cm³/mol. The Morgan fingerprint density at radius 3 is 2.67 bits per heavy atom. The summed E-state index contributed by atoms with van der Waals surface area (Å²) in [6, 6.07) is 1.64. The van der Waals surface area contributed by atoms with Crippen LogP contribution in [0.4, 0.5) is 4.39 Å². The Kier molecular flexibility index (Phi) is 4.19. The number of hydrogen-bond acceptors (Lipinski definition) is 3. The smallest absolute Gasteiger partial charge is 0.132 e. The molecule has 1 aromatic rings. The van der Waals surface area contributed by atoms with Gasteiger partial charge in [-0.05, 0) is 44.4 Å². The van der Waals surface area contributed by atoms with Gasteiger partial charge in [-0.25, -0.2) is 4.39 Å². The minimum atomic E-state index is -0.837. The van der Waals surface area contributed by atoms with Gasteiger partial charge in [0.1, 0.15) is 11.6 Å². The fourth-order valence-electron chi connectivity index (χ4n) is 2.61. The van der Waals surface area contributed by atoms with Gasteiger partial charge in [0.05, 0.1) is 13.2 Å². The van der Waals surface area contributed by atoms with Gasteiger partial charge < -0.3 is 15.2 Å². The summed E-state index contributed by atoms with van der Waals surface area (Å²) < 4.78 is 19.7. The molecule has 3 nitrogen and oxygen atoms in total. The molecule has 0 bridgehead atoms. The molecule has 1 unspecified atom stereocenters. The lowest BCUT2D eigenvalue weighted by atomic mass is 9.88. The van der Waals surface area contributed by atoms with Crippen molar-refractivity contribution in [3.63, 3.8) is 0 Å². The average Bonchev–Trinajstić information content (AvgIpc) is 2.40. The quantitative estimate of drug-likeness (QED) is 0.862. The van der Waals surface area contributed by atoms with Gasteiger partial charge in [-0.1, -0.05) is 0 Å². The molecule has 0 radical (unpaired) electrons. The zero-order chi connectivity index (χ0) is 13.1.